The van der Waals surface area contributed by atoms with Gasteiger partial charge in [-0.1, -0.05) is 6.92 Å². The summed E-state index contributed by atoms with van der Waals surface area (Å²) in [4.78, 5) is 13.7. The molecule has 2 atom stereocenters. The molecule has 0 saturated carbocycles. The van der Waals surface area contributed by atoms with E-state index in [0.29, 0.717) is 12.0 Å². The zero-order chi connectivity index (χ0) is 11.4. The molecule has 2 unspecified atom stereocenters. The van der Waals surface area contributed by atoms with E-state index in [1.165, 1.54) is 12.8 Å². The highest BCUT2D eigenvalue weighted by Crippen LogP contribution is 2.15. The molecule has 0 bridgehead atoms. The Kier molecular flexibility index (Phi) is 4.04. The maximum Gasteiger partial charge on any atom is 0.317 e. The average Bonchev–Trinajstić information content (AvgIpc) is 2.81. The van der Waals surface area contributed by atoms with Gasteiger partial charge in [0.2, 0.25) is 0 Å². The number of urea groups is 1. The topological polar surface area (TPSA) is 44.4 Å². The zero-order valence-corrected chi connectivity index (χ0v) is 10.2. The monoisotopic (exact) mass is 225 g/mol. The number of nitrogens with zero attached hydrogens (tertiary/aromatic N) is 1. The van der Waals surface area contributed by atoms with Crippen LogP contribution >= 0.6 is 0 Å². The fourth-order valence-corrected chi connectivity index (χ4v) is 2.62. The first-order valence-electron chi connectivity index (χ1n) is 6.53. The number of rotatable bonds is 2. The Labute approximate surface area is 97.8 Å². The molecule has 2 aliphatic heterocycles. The summed E-state index contributed by atoms with van der Waals surface area (Å²) in [5.41, 5.74) is 0. The number of nitrogens with one attached hydrogen (secondary N) is 2. The van der Waals surface area contributed by atoms with Crippen molar-refractivity contribution in [3.8, 4) is 0 Å². The van der Waals surface area contributed by atoms with Crippen molar-refractivity contribution >= 4 is 6.03 Å². The predicted octanol–water partition coefficient (Wildman–Crippen LogP) is 1.18. The van der Waals surface area contributed by atoms with Crippen LogP contribution in [0.1, 0.15) is 32.6 Å². The molecular weight excluding hydrogens is 202 g/mol. The molecule has 2 fully saturated rings. The Balaban J connectivity index is 1.71. The molecule has 0 aromatic rings. The summed E-state index contributed by atoms with van der Waals surface area (Å²) in [7, 11) is 0. The van der Waals surface area contributed by atoms with Gasteiger partial charge in [0, 0.05) is 25.7 Å². The Morgan fingerprint density at radius 1 is 1.38 bits per heavy atom. The van der Waals surface area contributed by atoms with Gasteiger partial charge >= 0.3 is 6.03 Å². The van der Waals surface area contributed by atoms with E-state index in [2.05, 4.69) is 17.6 Å². The van der Waals surface area contributed by atoms with E-state index >= 15 is 0 Å². The maximum atomic E-state index is 11.8. The van der Waals surface area contributed by atoms with Gasteiger partial charge in [-0.25, -0.2) is 4.79 Å². The van der Waals surface area contributed by atoms with Crippen LogP contribution in [0.25, 0.3) is 0 Å². The molecule has 16 heavy (non-hydrogen) atoms. The highest BCUT2D eigenvalue weighted by Gasteiger charge is 2.23. The molecule has 0 aromatic carbocycles. The maximum absolute atomic E-state index is 11.8. The SMILES string of the molecule is CC1CCCNC1CNC(=O)N1CCCC1. The summed E-state index contributed by atoms with van der Waals surface area (Å²) < 4.78 is 0. The van der Waals surface area contributed by atoms with E-state index in [1.54, 1.807) is 0 Å². The lowest BCUT2D eigenvalue weighted by atomic mass is 9.93. The van der Waals surface area contributed by atoms with Crippen molar-refractivity contribution in [2.24, 2.45) is 5.92 Å². The summed E-state index contributed by atoms with van der Waals surface area (Å²) in [5, 5.41) is 6.53. The van der Waals surface area contributed by atoms with Crippen molar-refractivity contribution in [2.75, 3.05) is 26.2 Å². The smallest absolute Gasteiger partial charge is 0.317 e. The minimum atomic E-state index is 0.122. The van der Waals surface area contributed by atoms with E-state index in [4.69, 9.17) is 0 Å². The van der Waals surface area contributed by atoms with Crippen molar-refractivity contribution in [3.05, 3.63) is 0 Å². The number of hydrogen-bond donors (Lipinski definition) is 2. The van der Waals surface area contributed by atoms with Gasteiger partial charge in [-0.3, -0.25) is 0 Å². The molecule has 2 heterocycles. The third-order valence-corrected chi connectivity index (χ3v) is 3.80. The molecular formula is C12H23N3O. The summed E-state index contributed by atoms with van der Waals surface area (Å²) in [6, 6.07) is 0.581. The van der Waals surface area contributed by atoms with Gasteiger partial charge in [-0.05, 0) is 38.1 Å². The molecule has 0 radical (unpaired) electrons. The molecule has 4 nitrogen and oxygen atoms in total. The highest BCUT2D eigenvalue weighted by molar-refractivity contribution is 5.74. The quantitative estimate of drug-likeness (QED) is 0.741. The summed E-state index contributed by atoms with van der Waals surface area (Å²) in [5.74, 6) is 0.674. The Morgan fingerprint density at radius 3 is 2.81 bits per heavy atom. The molecule has 2 N–H and O–H groups in total. The number of piperidine rings is 1. The van der Waals surface area contributed by atoms with Crippen LogP contribution in [-0.2, 0) is 0 Å². The van der Waals surface area contributed by atoms with Gasteiger partial charge in [0.25, 0.3) is 0 Å². The minimum absolute atomic E-state index is 0.122. The lowest BCUT2D eigenvalue weighted by Crippen LogP contribution is -2.50. The number of carbonyl (C=O) groups excluding carboxylic acids is 1. The van der Waals surface area contributed by atoms with Crippen LogP contribution in [0, 0.1) is 5.92 Å². The zero-order valence-electron chi connectivity index (χ0n) is 10.2. The highest BCUT2D eigenvalue weighted by atomic mass is 16.2. The van der Waals surface area contributed by atoms with E-state index in [1.807, 2.05) is 4.90 Å². The Hall–Kier alpha value is -0.770. The lowest BCUT2D eigenvalue weighted by molar-refractivity contribution is 0.203. The molecule has 2 amide bonds. The second kappa shape index (κ2) is 5.53. The first-order valence-corrected chi connectivity index (χ1v) is 6.53. The molecule has 4 heteroatoms. The van der Waals surface area contributed by atoms with Gasteiger partial charge in [-0.15, -0.1) is 0 Å². The van der Waals surface area contributed by atoms with Gasteiger partial charge in [-0.2, -0.15) is 0 Å². The number of likely N-dealkylation sites (tertiary alicyclic amines) is 1. The van der Waals surface area contributed by atoms with Crippen molar-refractivity contribution < 1.29 is 4.79 Å². The van der Waals surface area contributed by atoms with Gasteiger partial charge < -0.3 is 15.5 Å². The first-order chi connectivity index (χ1) is 7.77. The van der Waals surface area contributed by atoms with Crippen LogP contribution in [0.2, 0.25) is 0 Å². The Morgan fingerprint density at radius 2 is 2.12 bits per heavy atom. The largest absolute Gasteiger partial charge is 0.336 e. The molecule has 0 aromatic heterocycles. The fourth-order valence-electron chi connectivity index (χ4n) is 2.62. The van der Waals surface area contributed by atoms with Crippen molar-refractivity contribution in [1.82, 2.24) is 15.5 Å². The second-order valence-corrected chi connectivity index (χ2v) is 5.06. The van der Waals surface area contributed by atoms with Crippen LogP contribution in [0.3, 0.4) is 0 Å². The van der Waals surface area contributed by atoms with Gasteiger partial charge in [0.05, 0.1) is 0 Å². The fraction of sp³-hybridized carbons (Fsp3) is 0.917. The van der Waals surface area contributed by atoms with Crippen LogP contribution < -0.4 is 10.6 Å². The van der Waals surface area contributed by atoms with Gasteiger partial charge in [0.15, 0.2) is 0 Å². The van der Waals surface area contributed by atoms with Crippen molar-refractivity contribution in [1.29, 1.82) is 0 Å². The summed E-state index contributed by atoms with van der Waals surface area (Å²) in [6.45, 7) is 5.99. The summed E-state index contributed by atoms with van der Waals surface area (Å²) in [6.07, 6.45) is 4.85. The standard InChI is InChI=1S/C12H23N3O/c1-10-5-4-6-13-11(10)9-14-12(16)15-7-2-3-8-15/h10-11,13H,2-9H2,1H3,(H,14,16). The number of hydrogen-bond acceptors (Lipinski definition) is 2. The molecule has 92 valence electrons. The van der Waals surface area contributed by atoms with Crippen LogP contribution in [0.15, 0.2) is 0 Å². The van der Waals surface area contributed by atoms with Gasteiger partial charge in [0.1, 0.15) is 0 Å². The predicted molar refractivity (Wildman–Crippen MR) is 64.4 cm³/mol. The molecule has 2 saturated heterocycles. The van der Waals surface area contributed by atoms with Crippen molar-refractivity contribution in [3.63, 3.8) is 0 Å². The number of amides is 2. The normalized spacial score (nSPS) is 30.4. The van der Waals surface area contributed by atoms with E-state index < -0.39 is 0 Å². The second-order valence-electron chi connectivity index (χ2n) is 5.06. The van der Waals surface area contributed by atoms with E-state index in [9.17, 15) is 4.79 Å². The Bertz CT molecular complexity index is 238. The molecule has 2 rings (SSSR count). The third kappa shape index (κ3) is 2.88. The van der Waals surface area contributed by atoms with Crippen LogP contribution in [-0.4, -0.2) is 43.2 Å². The van der Waals surface area contributed by atoms with E-state index in [0.717, 1.165) is 39.0 Å². The third-order valence-electron chi connectivity index (χ3n) is 3.80. The molecule has 2 aliphatic rings. The van der Waals surface area contributed by atoms with E-state index in [-0.39, 0.29) is 6.03 Å². The first kappa shape index (κ1) is 11.7. The van der Waals surface area contributed by atoms with Crippen molar-refractivity contribution in [2.45, 2.75) is 38.6 Å². The average molecular weight is 225 g/mol. The summed E-state index contributed by atoms with van der Waals surface area (Å²) >= 11 is 0. The van der Waals surface area contributed by atoms with Crippen LogP contribution in [0.5, 0.6) is 0 Å². The lowest BCUT2D eigenvalue weighted by Gasteiger charge is -2.30. The minimum Gasteiger partial charge on any atom is -0.336 e. The molecule has 0 aliphatic carbocycles. The van der Waals surface area contributed by atoms with Crippen LogP contribution in [0.4, 0.5) is 4.79 Å². The number of carbonyl (C=O) groups is 1. The molecule has 0 spiro atoms.